The third-order valence-corrected chi connectivity index (χ3v) is 3.00. The zero-order chi connectivity index (χ0) is 13.2. The highest BCUT2D eigenvalue weighted by Crippen LogP contribution is 2.30. The van der Waals surface area contributed by atoms with Crippen molar-refractivity contribution in [3.05, 3.63) is 48.5 Å². The summed E-state index contributed by atoms with van der Waals surface area (Å²) >= 11 is 0. The van der Waals surface area contributed by atoms with Crippen molar-refractivity contribution in [2.75, 3.05) is 14.2 Å². The summed E-state index contributed by atoms with van der Waals surface area (Å²) in [4.78, 5) is 0. The molecule has 0 aliphatic carbocycles. The first-order chi connectivity index (χ1) is 9.30. The van der Waals surface area contributed by atoms with E-state index in [-0.39, 0.29) is 0 Å². The van der Waals surface area contributed by atoms with E-state index in [4.69, 9.17) is 13.9 Å². The summed E-state index contributed by atoms with van der Waals surface area (Å²) in [7, 11) is 3.28. The normalized spacial score (nSPS) is 10.6. The molecule has 1 aromatic heterocycles. The van der Waals surface area contributed by atoms with Gasteiger partial charge in [0.05, 0.1) is 14.2 Å². The molecular weight excluding hydrogens is 240 g/mol. The maximum atomic E-state index is 5.79. The fraction of sp³-hybridized carbons (Fsp3) is 0.125. The average molecular weight is 253 g/mol. The number of hydrogen-bond acceptors (Lipinski definition) is 3. The molecule has 3 heteroatoms. The van der Waals surface area contributed by atoms with Crippen molar-refractivity contribution < 1.29 is 13.9 Å². The molecule has 2 aromatic carbocycles. The molecule has 3 rings (SSSR count). The molecule has 0 fully saturated rings. The number of fused-ring (bicyclic) bond motifs is 1. The Morgan fingerprint density at radius 3 is 2.26 bits per heavy atom. The first-order valence-corrected chi connectivity index (χ1v) is 5.94. The van der Waals surface area contributed by atoms with Crippen molar-refractivity contribution >= 4 is 11.0 Å². The molecule has 1 radical (unpaired) electrons. The fourth-order valence-electron chi connectivity index (χ4n) is 1.95. The van der Waals surface area contributed by atoms with Gasteiger partial charge in [-0.25, -0.2) is 0 Å². The van der Waals surface area contributed by atoms with Gasteiger partial charge in [-0.15, -0.1) is 0 Å². The summed E-state index contributed by atoms with van der Waals surface area (Å²) in [6.45, 7) is 0. The van der Waals surface area contributed by atoms with Crippen molar-refractivity contribution in [1.82, 2.24) is 0 Å². The predicted molar refractivity (Wildman–Crippen MR) is 73.6 cm³/mol. The van der Waals surface area contributed by atoms with Gasteiger partial charge in [0.25, 0.3) is 0 Å². The van der Waals surface area contributed by atoms with Crippen molar-refractivity contribution in [2.45, 2.75) is 0 Å². The Morgan fingerprint density at radius 1 is 0.895 bits per heavy atom. The standard InChI is InChI=1S/C16H13O3/c1-17-13-6-3-11(4-7-13)15-9-12-5-8-14(18-2)10-16(12)19-15/h3-8,10H,1-2H3. The molecule has 95 valence electrons. The number of benzene rings is 2. The molecule has 0 unspecified atom stereocenters. The monoisotopic (exact) mass is 253 g/mol. The summed E-state index contributed by atoms with van der Waals surface area (Å²) < 4.78 is 16.1. The van der Waals surface area contributed by atoms with E-state index in [2.05, 4.69) is 6.07 Å². The van der Waals surface area contributed by atoms with Gasteiger partial charge in [-0.3, -0.25) is 0 Å². The number of furan rings is 1. The molecule has 0 amide bonds. The van der Waals surface area contributed by atoms with Crippen LogP contribution in [0.15, 0.2) is 46.9 Å². The zero-order valence-electron chi connectivity index (χ0n) is 10.8. The summed E-state index contributed by atoms with van der Waals surface area (Å²) in [6, 6.07) is 16.6. The molecular formula is C16H13O3. The number of hydrogen-bond donors (Lipinski definition) is 0. The third-order valence-electron chi connectivity index (χ3n) is 3.00. The highest BCUT2D eigenvalue weighted by molar-refractivity contribution is 5.83. The molecule has 0 saturated carbocycles. The second kappa shape index (κ2) is 4.69. The van der Waals surface area contributed by atoms with Crippen LogP contribution in [0.4, 0.5) is 0 Å². The van der Waals surface area contributed by atoms with E-state index >= 15 is 0 Å². The summed E-state index contributed by atoms with van der Waals surface area (Å²) in [5.74, 6) is 2.31. The molecule has 0 saturated heterocycles. The maximum Gasteiger partial charge on any atom is 0.143 e. The molecule has 1 heterocycles. The Bertz CT molecular complexity index is 696. The molecule has 0 aliphatic heterocycles. The minimum Gasteiger partial charge on any atom is -0.497 e. The average Bonchev–Trinajstić information content (AvgIpc) is 2.90. The van der Waals surface area contributed by atoms with Crippen LogP contribution in [-0.2, 0) is 0 Å². The smallest absolute Gasteiger partial charge is 0.143 e. The molecule has 0 atom stereocenters. The number of rotatable bonds is 3. The quantitative estimate of drug-likeness (QED) is 0.709. The van der Waals surface area contributed by atoms with Crippen LogP contribution in [0.3, 0.4) is 0 Å². The van der Waals surface area contributed by atoms with E-state index in [1.54, 1.807) is 14.2 Å². The molecule has 0 aliphatic rings. The Labute approximate surface area is 111 Å². The SMILES string of the molecule is COc1ccc(-c2[c]c3ccc(OC)cc3o2)cc1. The van der Waals surface area contributed by atoms with Gasteiger partial charge in [0.1, 0.15) is 22.8 Å². The second-order valence-electron chi connectivity index (χ2n) is 4.15. The number of ether oxygens (including phenoxy) is 2. The van der Waals surface area contributed by atoms with Gasteiger partial charge in [-0.1, -0.05) is 0 Å². The van der Waals surface area contributed by atoms with Crippen molar-refractivity contribution in [2.24, 2.45) is 0 Å². The summed E-state index contributed by atoms with van der Waals surface area (Å²) in [5.41, 5.74) is 1.74. The van der Waals surface area contributed by atoms with Gasteiger partial charge in [-0.05, 0) is 36.4 Å². The number of methoxy groups -OCH3 is 2. The maximum absolute atomic E-state index is 5.79. The summed E-state index contributed by atoms with van der Waals surface area (Å²) in [5, 5.41) is 0.937. The molecule has 0 spiro atoms. The van der Waals surface area contributed by atoms with Gasteiger partial charge in [0, 0.05) is 23.1 Å². The minimum absolute atomic E-state index is 0.714. The second-order valence-corrected chi connectivity index (χ2v) is 4.15. The lowest BCUT2D eigenvalue weighted by Gasteiger charge is -2.00. The molecule has 3 nitrogen and oxygen atoms in total. The van der Waals surface area contributed by atoms with Crippen molar-refractivity contribution in [1.29, 1.82) is 0 Å². The van der Waals surface area contributed by atoms with Crippen molar-refractivity contribution in [3.63, 3.8) is 0 Å². The van der Waals surface area contributed by atoms with E-state index in [9.17, 15) is 0 Å². The van der Waals surface area contributed by atoms with Crippen LogP contribution in [0.2, 0.25) is 0 Å². The molecule has 3 aromatic rings. The minimum atomic E-state index is 0.714. The Hall–Kier alpha value is -2.42. The Balaban J connectivity index is 2.04. The first-order valence-electron chi connectivity index (χ1n) is 5.94. The topological polar surface area (TPSA) is 31.6 Å². The van der Waals surface area contributed by atoms with E-state index in [1.807, 2.05) is 42.5 Å². The highest BCUT2D eigenvalue weighted by atomic mass is 16.5. The van der Waals surface area contributed by atoms with Crippen LogP contribution >= 0.6 is 0 Å². The molecule has 0 bridgehead atoms. The van der Waals surface area contributed by atoms with E-state index < -0.39 is 0 Å². The van der Waals surface area contributed by atoms with Gasteiger partial charge in [0.15, 0.2) is 0 Å². The van der Waals surface area contributed by atoms with Crippen LogP contribution in [0.1, 0.15) is 0 Å². The Kier molecular flexibility index (Phi) is 2.88. The van der Waals surface area contributed by atoms with Crippen LogP contribution in [0.5, 0.6) is 11.5 Å². The lowest BCUT2D eigenvalue weighted by Crippen LogP contribution is -1.81. The van der Waals surface area contributed by atoms with Crippen LogP contribution in [0.25, 0.3) is 22.3 Å². The van der Waals surface area contributed by atoms with Crippen LogP contribution in [-0.4, -0.2) is 14.2 Å². The third kappa shape index (κ3) is 2.15. The molecule has 0 N–H and O–H groups in total. The van der Waals surface area contributed by atoms with Crippen molar-refractivity contribution in [3.8, 4) is 22.8 Å². The van der Waals surface area contributed by atoms with Gasteiger partial charge >= 0.3 is 0 Å². The van der Waals surface area contributed by atoms with Gasteiger partial charge in [0.2, 0.25) is 0 Å². The van der Waals surface area contributed by atoms with Crippen LogP contribution in [0, 0.1) is 6.07 Å². The van der Waals surface area contributed by atoms with Crippen LogP contribution < -0.4 is 9.47 Å². The lowest BCUT2D eigenvalue weighted by molar-refractivity contribution is 0.414. The fourth-order valence-corrected chi connectivity index (χ4v) is 1.95. The Morgan fingerprint density at radius 2 is 1.58 bits per heavy atom. The van der Waals surface area contributed by atoms with Gasteiger partial charge < -0.3 is 13.9 Å². The molecule has 19 heavy (non-hydrogen) atoms. The van der Waals surface area contributed by atoms with E-state index in [1.165, 1.54) is 0 Å². The first kappa shape index (κ1) is 11.7. The highest BCUT2D eigenvalue weighted by Gasteiger charge is 2.08. The summed E-state index contributed by atoms with van der Waals surface area (Å²) in [6.07, 6.45) is 0. The predicted octanol–water partition coefficient (Wildman–Crippen LogP) is 3.92. The van der Waals surface area contributed by atoms with Gasteiger partial charge in [-0.2, -0.15) is 0 Å². The lowest BCUT2D eigenvalue weighted by atomic mass is 10.1. The van der Waals surface area contributed by atoms with E-state index in [0.29, 0.717) is 5.76 Å². The largest absolute Gasteiger partial charge is 0.497 e. The zero-order valence-corrected chi connectivity index (χ0v) is 10.8. The van der Waals surface area contributed by atoms with E-state index in [0.717, 1.165) is 28.0 Å².